The Labute approximate surface area is 137 Å². The molecule has 0 aliphatic carbocycles. The summed E-state index contributed by atoms with van der Waals surface area (Å²) < 4.78 is 0. The summed E-state index contributed by atoms with van der Waals surface area (Å²) in [5.41, 5.74) is 1.18. The zero-order valence-electron chi connectivity index (χ0n) is 13.5. The van der Waals surface area contributed by atoms with Gasteiger partial charge in [0.15, 0.2) is 0 Å². The number of nitriles is 1. The summed E-state index contributed by atoms with van der Waals surface area (Å²) in [7, 11) is 0. The van der Waals surface area contributed by atoms with Crippen molar-refractivity contribution in [1.82, 2.24) is 10.2 Å². The zero-order chi connectivity index (χ0) is 16.7. The van der Waals surface area contributed by atoms with Gasteiger partial charge < -0.3 is 15.3 Å². The predicted molar refractivity (Wildman–Crippen MR) is 88.5 cm³/mol. The maximum Gasteiger partial charge on any atom is 0.263 e. The Balaban J connectivity index is 1.87. The Morgan fingerprint density at radius 3 is 2.83 bits per heavy atom. The summed E-state index contributed by atoms with van der Waals surface area (Å²) in [5.74, 6) is -0.104. The van der Waals surface area contributed by atoms with E-state index in [9.17, 15) is 15.2 Å². The van der Waals surface area contributed by atoms with Crippen LogP contribution in [0.4, 0.5) is 0 Å². The molecule has 1 aliphatic heterocycles. The van der Waals surface area contributed by atoms with Crippen LogP contribution in [-0.4, -0.2) is 35.0 Å². The highest BCUT2D eigenvalue weighted by Crippen LogP contribution is 2.17. The smallest absolute Gasteiger partial charge is 0.263 e. The van der Waals surface area contributed by atoms with Gasteiger partial charge in [-0.3, -0.25) is 4.79 Å². The van der Waals surface area contributed by atoms with Crippen molar-refractivity contribution in [2.45, 2.75) is 38.6 Å². The van der Waals surface area contributed by atoms with Crippen LogP contribution < -0.4 is 5.32 Å². The van der Waals surface area contributed by atoms with E-state index in [2.05, 4.69) is 17.1 Å². The van der Waals surface area contributed by atoms with Gasteiger partial charge in [0, 0.05) is 25.3 Å². The molecule has 0 aromatic heterocycles. The van der Waals surface area contributed by atoms with Gasteiger partial charge in [0.25, 0.3) is 5.91 Å². The highest BCUT2D eigenvalue weighted by atomic mass is 16.3. The number of nitrogens with zero attached hydrogens (tertiary/aromatic N) is 2. The minimum Gasteiger partial charge on any atom is -0.508 e. The largest absolute Gasteiger partial charge is 0.508 e. The Kier molecular flexibility index (Phi) is 6.04. The fourth-order valence-electron chi connectivity index (χ4n) is 2.69. The fourth-order valence-corrected chi connectivity index (χ4v) is 2.69. The van der Waals surface area contributed by atoms with E-state index in [-0.39, 0.29) is 17.2 Å². The quantitative estimate of drug-likeness (QED) is 0.646. The standard InChI is InChI=1S/C18H23N3O2/c1-14-4-2-3-11-21(14)13-16(12-19)18(23)20-10-9-15-5-7-17(22)8-6-15/h5-8,13-14,22H,2-4,9-11H2,1H3,(H,20,23)/b16-13-. The lowest BCUT2D eigenvalue weighted by atomic mass is 10.0. The third-order valence-corrected chi connectivity index (χ3v) is 4.15. The number of piperidine rings is 1. The molecule has 1 unspecified atom stereocenters. The van der Waals surface area contributed by atoms with Crippen molar-refractivity contribution in [3.63, 3.8) is 0 Å². The number of rotatable bonds is 5. The van der Waals surface area contributed by atoms with Crippen LogP contribution in [0.3, 0.4) is 0 Å². The molecule has 1 amide bonds. The van der Waals surface area contributed by atoms with Crippen LogP contribution in [0.1, 0.15) is 31.7 Å². The van der Waals surface area contributed by atoms with Gasteiger partial charge in [0.05, 0.1) is 0 Å². The van der Waals surface area contributed by atoms with Crippen LogP contribution >= 0.6 is 0 Å². The molecule has 0 bridgehead atoms. The number of phenolic OH excluding ortho intramolecular Hbond substituents is 1. The van der Waals surface area contributed by atoms with E-state index in [0.717, 1.165) is 24.9 Å². The normalized spacial score (nSPS) is 18.3. The lowest BCUT2D eigenvalue weighted by Gasteiger charge is -2.32. The Morgan fingerprint density at radius 2 is 2.17 bits per heavy atom. The maximum atomic E-state index is 12.1. The minimum absolute atomic E-state index is 0.157. The van der Waals surface area contributed by atoms with E-state index < -0.39 is 0 Å². The molecule has 1 saturated heterocycles. The second-order valence-electron chi connectivity index (χ2n) is 5.91. The molecule has 2 N–H and O–H groups in total. The molecular formula is C18H23N3O2. The molecule has 1 aliphatic rings. The number of benzene rings is 1. The molecule has 1 atom stereocenters. The van der Waals surface area contributed by atoms with Gasteiger partial charge in [-0.15, -0.1) is 0 Å². The van der Waals surface area contributed by atoms with Crippen molar-refractivity contribution in [1.29, 1.82) is 5.26 Å². The van der Waals surface area contributed by atoms with Gasteiger partial charge in [0.2, 0.25) is 0 Å². The molecule has 1 heterocycles. The average Bonchev–Trinajstić information content (AvgIpc) is 2.56. The number of carbonyl (C=O) groups is 1. The van der Waals surface area contributed by atoms with Crippen LogP contribution in [0, 0.1) is 11.3 Å². The first-order valence-corrected chi connectivity index (χ1v) is 8.04. The number of carbonyl (C=O) groups excluding carboxylic acids is 1. The number of hydrogen-bond acceptors (Lipinski definition) is 4. The van der Waals surface area contributed by atoms with Gasteiger partial charge in [-0.2, -0.15) is 5.26 Å². The van der Waals surface area contributed by atoms with Crippen LogP contribution in [0.15, 0.2) is 36.0 Å². The van der Waals surface area contributed by atoms with E-state index in [4.69, 9.17) is 0 Å². The van der Waals surface area contributed by atoms with Crippen molar-refractivity contribution in [3.8, 4) is 11.8 Å². The van der Waals surface area contributed by atoms with E-state index in [1.807, 2.05) is 18.2 Å². The molecule has 0 spiro atoms. The molecule has 5 heteroatoms. The second-order valence-corrected chi connectivity index (χ2v) is 5.91. The van der Waals surface area contributed by atoms with Crippen LogP contribution in [0.25, 0.3) is 0 Å². The van der Waals surface area contributed by atoms with Crippen molar-refractivity contribution < 1.29 is 9.90 Å². The summed E-state index contributed by atoms with van der Waals surface area (Å²) in [5, 5.41) is 21.2. The number of phenols is 1. The summed E-state index contributed by atoms with van der Waals surface area (Å²) in [6, 6.07) is 9.25. The van der Waals surface area contributed by atoms with Crippen LogP contribution in [-0.2, 0) is 11.2 Å². The van der Waals surface area contributed by atoms with Crippen LogP contribution in [0.5, 0.6) is 5.75 Å². The topological polar surface area (TPSA) is 76.4 Å². The molecule has 23 heavy (non-hydrogen) atoms. The summed E-state index contributed by atoms with van der Waals surface area (Å²) in [6.07, 6.45) is 5.75. The lowest BCUT2D eigenvalue weighted by molar-refractivity contribution is -0.117. The third kappa shape index (κ3) is 5.03. The molecule has 0 radical (unpaired) electrons. The fraction of sp³-hybridized carbons (Fsp3) is 0.444. The first-order chi connectivity index (χ1) is 11.1. The first-order valence-electron chi connectivity index (χ1n) is 8.04. The number of amides is 1. The van der Waals surface area contributed by atoms with E-state index >= 15 is 0 Å². The highest BCUT2D eigenvalue weighted by Gasteiger charge is 2.18. The predicted octanol–water partition coefficient (Wildman–Crippen LogP) is 2.33. The van der Waals surface area contributed by atoms with Crippen molar-refractivity contribution in [2.75, 3.05) is 13.1 Å². The van der Waals surface area contributed by atoms with Gasteiger partial charge in [-0.1, -0.05) is 12.1 Å². The van der Waals surface area contributed by atoms with Crippen molar-refractivity contribution in [2.24, 2.45) is 0 Å². The molecule has 1 aromatic rings. The summed E-state index contributed by atoms with van der Waals surface area (Å²) in [6.45, 7) is 3.47. The molecule has 0 saturated carbocycles. The molecule has 5 nitrogen and oxygen atoms in total. The van der Waals surface area contributed by atoms with Crippen molar-refractivity contribution in [3.05, 3.63) is 41.6 Å². The maximum absolute atomic E-state index is 12.1. The molecular weight excluding hydrogens is 290 g/mol. The van der Waals surface area contributed by atoms with E-state index in [1.54, 1.807) is 18.3 Å². The Hall–Kier alpha value is -2.48. The zero-order valence-corrected chi connectivity index (χ0v) is 13.5. The molecule has 1 fully saturated rings. The second kappa shape index (κ2) is 8.23. The number of nitrogens with one attached hydrogen (secondary N) is 1. The SMILES string of the molecule is CC1CCCCN1/C=C(/C#N)C(=O)NCCc1ccc(O)cc1. The monoisotopic (exact) mass is 313 g/mol. The third-order valence-electron chi connectivity index (χ3n) is 4.15. The minimum atomic E-state index is -0.330. The number of hydrogen-bond donors (Lipinski definition) is 2. The molecule has 122 valence electrons. The summed E-state index contributed by atoms with van der Waals surface area (Å²) >= 11 is 0. The Morgan fingerprint density at radius 1 is 1.43 bits per heavy atom. The number of aromatic hydroxyl groups is 1. The number of likely N-dealkylation sites (tertiary alicyclic amines) is 1. The van der Waals surface area contributed by atoms with Crippen molar-refractivity contribution >= 4 is 5.91 Å². The van der Waals surface area contributed by atoms with Gasteiger partial charge >= 0.3 is 0 Å². The van der Waals surface area contributed by atoms with Gasteiger partial charge in [0.1, 0.15) is 17.4 Å². The highest BCUT2D eigenvalue weighted by molar-refractivity contribution is 5.97. The molecule has 2 rings (SSSR count). The van der Waals surface area contributed by atoms with Crippen LogP contribution in [0.2, 0.25) is 0 Å². The van der Waals surface area contributed by atoms with Gasteiger partial charge in [-0.05, 0) is 50.3 Å². The first kappa shape index (κ1) is 16.9. The van der Waals surface area contributed by atoms with E-state index in [0.29, 0.717) is 19.0 Å². The lowest BCUT2D eigenvalue weighted by Crippen LogP contribution is -2.35. The van der Waals surface area contributed by atoms with E-state index in [1.165, 1.54) is 6.42 Å². The molecule has 1 aromatic carbocycles. The summed E-state index contributed by atoms with van der Waals surface area (Å²) in [4.78, 5) is 14.2. The van der Waals surface area contributed by atoms with Gasteiger partial charge in [-0.25, -0.2) is 0 Å². The Bertz CT molecular complexity index is 602. The average molecular weight is 313 g/mol.